The van der Waals surface area contributed by atoms with Crippen molar-refractivity contribution in [3.63, 3.8) is 0 Å². The molecule has 5 heteroatoms. The molecule has 0 spiro atoms. The molecule has 0 saturated carbocycles. The molecule has 0 bridgehead atoms. The molecule has 0 fully saturated rings. The Labute approximate surface area is 324 Å². The van der Waals surface area contributed by atoms with Gasteiger partial charge >= 0.3 is 11.9 Å². The standard InChI is InChI=1S/C47H90O5/c1-3-5-7-9-11-13-15-17-19-21-22-23-24-26-28-30-32-34-36-38-40-42-47(50)52-45(43-48)44-51-46(49)41-39-37-35-33-31-29-27-25-20-18-16-14-12-10-8-6-4-2/h18,20,45,48H,3-17,19,21-44H2,1-2H3/t45-/m0/s1. The molecule has 1 atom stereocenters. The first-order valence-electron chi connectivity index (χ1n) is 23.2. The summed E-state index contributed by atoms with van der Waals surface area (Å²) in [6, 6.07) is 0. The Hall–Kier alpha value is -1.36. The number of unbranched alkanes of at least 4 members (excludes halogenated alkanes) is 33. The fraction of sp³-hybridized carbons (Fsp3) is 0.915. The maximum Gasteiger partial charge on any atom is 0.306 e. The summed E-state index contributed by atoms with van der Waals surface area (Å²) in [5, 5.41) is 9.59. The van der Waals surface area contributed by atoms with Crippen LogP contribution in [-0.2, 0) is 19.1 Å². The lowest BCUT2D eigenvalue weighted by Crippen LogP contribution is -2.28. The Morgan fingerprint density at radius 1 is 0.423 bits per heavy atom. The highest BCUT2D eigenvalue weighted by molar-refractivity contribution is 5.70. The van der Waals surface area contributed by atoms with E-state index in [9.17, 15) is 14.7 Å². The lowest BCUT2D eigenvalue weighted by molar-refractivity contribution is -0.161. The SMILES string of the molecule is CCCCCCCCC=CCCCCCCCCCC(=O)OC[C@H](CO)OC(=O)CCCCCCCCCCCCCCCCCCCCCCC. The van der Waals surface area contributed by atoms with Crippen LogP contribution in [0.2, 0.25) is 0 Å². The van der Waals surface area contributed by atoms with Crippen molar-refractivity contribution in [3.05, 3.63) is 12.2 Å². The van der Waals surface area contributed by atoms with Gasteiger partial charge in [-0.2, -0.15) is 0 Å². The molecule has 0 aromatic heterocycles. The molecule has 0 saturated heterocycles. The predicted molar refractivity (Wildman–Crippen MR) is 224 cm³/mol. The summed E-state index contributed by atoms with van der Waals surface area (Å²) in [4.78, 5) is 24.4. The van der Waals surface area contributed by atoms with Crippen LogP contribution < -0.4 is 0 Å². The van der Waals surface area contributed by atoms with Crippen LogP contribution in [0.25, 0.3) is 0 Å². The number of carbonyl (C=O) groups is 2. The zero-order valence-electron chi connectivity index (χ0n) is 35.1. The van der Waals surface area contributed by atoms with Crippen molar-refractivity contribution in [2.45, 2.75) is 264 Å². The monoisotopic (exact) mass is 735 g/mol. The zero-order chi connectivity index (χ0) is 37.8. The van der Waals surface area contributed by atoms with Crippen LogP contribution in [0.1, 0.15) is 258 Å². The van der Waals surface area contributed by atoms with Crippen LogP contribution in [0.15, 0.2) is 12.2 Å². The average Bonchev–Trinajstić information content (AvgIpc) is 3.15. The normalized spacial score (nSPS) is 12.1. The van der Waals surface area contributed by atoms with Crippen molar-refractivity contribution < 1.29 is 24.2 Å². The van der Waals surface area contributed by atoms with E-state index < -0.39 is 6.10 Å². The third kappa shape index (κ3) is 41.4. The average molecular weight is 735 g/mol. The highest BCUT2D eigenvalue weighted by Gasteiger charge is 2.16. The topological polar surface area (TPSA) is 72.8 Å². The van der Waals surface area contributed by atoms with Crippen molar-refractivity contribution in [2.75, 3.05) is 13.2 Å². The van der Waals surface area contributed by atoms with Gasteiger partial charge in [-0.1, -0.05) is 219 Å². The van der Waals surface area contributed by atoms with Gasteiger partial charge in [0.2, 0.25) is 0 Å². The first-order valence-corrected chi connectivity index (χ1v) is 23.2. The maximum atomic E-state index is 12.2. The van der Waals surface area contributed by atoms with Crippen molar-refractivity contribution in [2.24, 2.45) is 0 Å². The molecule has 0 amide bonds. The molecule has 0 aliphatic rings. The third-order valence-electron chi connectivity index (χ3n) is 10.6. The quantitative estimate of drug-likeness (QED) is 0.0383. The van der Waals surface area contributed by atoms with E-state index in [1.807, 2.05) is 0 Å². The first-order chi connectivity index (χ1) is 25.6. The van der Waals surface area contributed by atoms with Crippen LogP contribution >= 0.6 is 0 Å². The summed E-state index contributed by atoms with van der Waals surface area (Å²) in [6.07, 6.45) is 51.5. The summed E-state index contributed by atoms with van der Waals surface area (Å²) in [5.74, 6) is -0.580. The van der Waals surface area contributed by atoms with Crippen molar-refractivity contribution in [1.29, 1.82) is 0 Å². The van der Waals surface area contributed by atoms with Gasteiger partial charge in [0, 0.05) is 12.8 Å². The van der Waals surface area contributed by atoms with Crippen LogP contribution in [0.4, 0.5) is 0 Å². The second-order valence-electron chi connectivity index (χ2n) is 15.8. The van der Waals surface area contributed by atoms with Gasteiger partial charge in [0.25, 0.3) is 0 Å². The molecule has 1 N–H and O–H groups in total. The van der Waals surface area contributed by atoms with Gasteiger partial charge in [-0.05, 0) is 38.5 Å². The number of esters is 2. The van der Waals surface area contributed by atoms with Crippen molar-refractivity contribution in [1.82, 2.24) is 0 Å². The van der Waals surface area contributed by atoms with Gasteiger partial charge < -0.3 is 14.6 Å². The number of hydrogen-bond donors (Lipinski definition) is 1. The number of ether oxygens (including phenoxy) is 2. The highest BCUT2D eigenvalue weighted by atomic mass is 16.6. The van der Waals surface area contributed by atoms with E-state index in [-0.39, 0.29) is 25.2 Å². The number of aliphatic hydroxyl groups is 1. The van der Waals surface area contributed by atoms with Gasteiger partial charge in [0.05, 0.1) is 6.61 Å². The van der Waals surface area contributed by atoms with Crippen LogP contribution in [0.3, 0.4) is 0 Å². The summed E-state index contributed by atoms with van der Waals surface area (Å²) < 4.78 is 10.7. The molecule has 0 aromatic carbocycles. The number of hydrogen-bond acceptors (Lipinski definition) is 5. The zero-order valence-corrected chi connectivity index (χ0v) is 35.1. The Balaban J connectivity index is 3.47. The van der Waals surface area contributed by atoms with E-state index in [1.54, 1.807) is 0 Å². The van der Waals surface area contributed by atoms with Crippen LogP contribution in [-0.4, -0.2) is 36.4 Å². The number of carbonyl (C=O) groups excluding carboxylic acids is 2. The molecule has 0 heterocycles. The first kappa shape index (κ1) is 50.6. The van der Waals surface area contributed by atoms with Crippen LogP contribution in [0, 0.1) is 0 Å². The molecule has 0 aliphatic carbocycles. The van der Waals surface area contributed by atoms with Crippen LogP contribution in [0.5, 0.6) is 0 Å². The molecule has 0 unspecified atom stereocenters. The fourth-order valence-electron chi connectivity index (χ4n) is 7.02. The van der Waals surface area contributed by atoms with Gasteiger partial charge in [-0.15, -0.1) is 0 Å². The van der Waals surface area contributed by atoms with Crippen molar-refractivity contribution in [3.8, 4) is 0 Å². The van der Waals surface area contributed by atoms with E-state index in [4.69, 9.17) is 9.47 Å². The molecule has 0 aromatic rings. The molecule has 52 heavy (non-hydrogen) atoms. The minimum absolute atomic E-state index is 0.0617. The molecule has 308 valence electrons. The van der Waals surface area contributed by atoms with E-state index >= 15 is 0 Å². The second-order valence-corrected chi connectivity index (χ2v) is 15.8. The second kappa shape index (κ2) is 44.0. The molecular formula is C47H90O5. The van der Waals surface area contributed by atoms with Gasteiger partial charge in [0.1, 0.15) is 6.61 Å². The lowest BCUT2D eigenvalue weighted by atomic mass is 10.0. The van der Waals surface area contributed by atoms with E-state index in [0.29, 0.717) is 12.8 Å². The molecule has 5 nitrogen and oxygen atoms in total. The highest BCUT2D eigenvalue weighted by Crippen LogP contribution is 2.16. The third-order valence-corrected chi connectivity index (χ3v) is 10.6. The number of rotatable bonds is 43. The minimum atomic E-state index is -0.767. The van der Waals surface area contributed by atoms with Gasteiger partial charge in [-0.3, -0.25) is 9.59 Å². The van der Waals surface area contributed by atoms with Gasteiger partial charge in [-0.25, -0.2) is 0 Å². The maximum absolute atomic E-state index is 12.2. The van der Waals surface area contributed by atoms with E-state index in [2.05, 4.69) is 26.0 Å². The summed E-state index contributed by atoms with van der Waals surface area (Å²) in [5.41, 5.74) is 0. The largest absolute Gasteiger partial charge is 0.462 e. The van der Waals surface area contributed by atoms with Crippen molar-refractivity contribution >= 4 is 11.9 Å². The summed E-state index contributed by atoms with van der Waals surface area (Å²) in [6.45, 7) is 4.17. The van der Waals surface area contributed by atoms with Gasteiger partial charge in [0.15, 0.2) is 6.10 Å². The lowest BCUT2D eigenvalue weighted by Gasteiger charge is -2.15. The Morgan fingerprint density at radius 2 is 0.712 bits per heavy atom. The summed E-state index contributed by atoms with van der Waals surface area (Å²) >= 11 is 0. The fourth-order valence-corrected chi connectivity index (χ4v) is 7.02. The smallest absolute Gasteiger partial charge is 0.306 e. The van der Waals surface area contributed by atoms with E-state index in [0.717, 1.165) is 38.5 Å². The Kier molecular flexibility index (Phi) is 42.9. The minimum Gasteiger partial charge on any atom is -0.462 e. The predicted octanol–water partition coefficient (Wildman–Crippen LogP) is 14.9. The molecular weight excluding hydrogens is 645 g/mol. The van der Waals surface area contributed by atoms with E-state index in [1.165, 1.54) is 193 Å². The number of allylic oxidation sites excluding steroid dienone is 2. The molecule has 0 rings (SSSR count). The molecule has 0 radical (unpaired) electrons. The Bertz CT molecular complexity index is 750. The Morgan fingerprint density at radius 3 is 1.04 bits per heavy atom. The number of aliphatic hydroxyl groups excluding tert-OH is 1. The summed E-state index contributed by atoms with van der Waals surface area (Å²) in [7, 11) is 0. The molecule has 0 aliphatic heterocycles.